The Hall–Kier alpha value is -1.08. The van der Waals surface area contributed by atoms with Crippen LogP contribution in [0.3, 0.4) is 0 Å². The average Bonchev–Trinajstić information content (AvgIpc) is 3.10. The highest BCUT2D eigenvalue weighted by molar-refractivity contribution is 5.86. The predicted octanol–water partition coefficient (Wildman–Crippen LogP) is 1.10. The van der Waals surface area contributed by atoms with Gasteiger partial charge in [0, 0.05) is 0 Å². The van der Waals surface area contributed by atoms with E-state index >= 15 is 0 Å². The molecule has 1 amide bonds. The molecule has 2 aliphatic carbocycles. The van der Waals surface area contributed by atoms with E-state index in [1.54, 1.807) is 0 Å². The second kappa shape index (κ2) is 4.06. The van der Waals surface area contributed by atoms with Crippen molar-refractivity contribution in [2.45, 2.75) is 50.5 Å². The van der Waals surface area contributed by atoms with E-state index in [0.717, 1.165) is 32.1 Å². The molecule has 0 radical (unpaired) electrons. The standard InChI is InChI=1S/C12H18N2O2/c13-8-11(4-2-1-3-5-11)10(16)14-12(9-15)6-7-12/h15H,1-7,9H2,(H,14,16). The second-order valence-corrected chi connectivity index (χ2v) is 5.15. The number of aliphatic hydroxyl groups excluding tert-OH is 1. The number of amides is 1. The van der Waals surface area contributed by atoms with Crippen LogP contribution in [0.2, 0.25) is 0 Å². The highest BCUT2D eigenvalue weighted by Gasteiger charge is 2.48. The number of carbonyl (C=O) groups excluding carboxylic acids is 1. The summed E-state index contributed by atoms with van der Waals surface area (Å²) in [7, 11) is 0. The Kier molecular flexibility index (Phi) is 2.90. The zero-order chi connectivity index (χ0) is 11.6. The number of hydrogen-bond acceptors (Lipinski definition) is 3. The molecule has 2 rings (SSSR count). The van der Waals surface area contributed by atoms with Crippen LogP contribution in [0.1, 0.15) is 44.9 Å². The largest absolute Gasteiger partial charge is 0.394 e. The Balaban J connectivity index is 2.04. The molecule has 16 heavy (non-hydrogen) atoms. The summed E-state index contributed by atoms with van der Waals surface area (Å²) in [5, 5.41) is 21.3. The number of hydrogen-bond donors (Lipinski definition) is 2. The molecule has 0 aromatic carbocycles. The number of nitrogens with one attached hydrogen (secondary N) is 1. The summed E-state index contributed by atoms with van der Waals surface area (Å²) >= 11 is 0. The highest BCUT2D eigenvalue weighted by atomic mass is 16.3. The topological polar surface area (TPSA) is 73.1 Å². The molecule has 0 spiro atoms. The van der Waals surface area contributed by atoms with Crippen molar-refractivity contribution in [3.63, 3.8) is 0 Å². The quantitative estimate of drug-likeness (QED) is 0.751. The Labute approximate surface area is 95.6 Å². The first-order valence-corrected chi connectivity index (χ1v) is 6.01. The van der Waals surface area contributed by atoms with Crippen molar-refractivity contribution in [3.05, 3.63) is 0 Å². The fourth-order valence-corrected chi connectivity index (χ4v) is 2.38. The molecule has 0 aliphatic heterocycles. The molecule has 2 aliphatic rings. The summed E-state index contributed by atoms with van der Waals surface area (Å²) in [5.41, 5.74) is -1.23. The van der Waals surface area contributed by atoms with Gasteiger partial charge in [0.15, 0.2) is 0 Å². The van der Waals surface area contributed by atoms with Crippen molar-refractivity contribution >= 4 is 5.91 Å². The number of nitriles is 1. The molecule has 4 heteroatoms. The number of aliphatic hydroxyl groups is 1. The van der Waals surface area contributed by atoms with Crippen molar-refractivity contribution < 1.29 is 9.90 Å². The third kappa shape index (κ3) is 1.92. The van der Waals surface area contributed by atoms with E-state index in [9.17, 15) is 10.1 Å². The smallest absolute Gasteiger partial charge is 0.240 e. The summed E-state index contributed by atoms with van der Waals surface area (Å²) in [6, 6.07) is 2.20. The van der Waals surface area contributed by atoms with Gasteiger partial charge >= 0.3 is 0 Å². The Bertz CT molecular complexity index is 322. The first-order chi connectivity index (χ1) is 7.66. The maximum absolute atomic E-state index is 12.1. The van der Waals surface area contributed by atoms with Gasteiger partial charge in [-0.1, -0.05) is 19.3 Å². The molecule has 0 unspecified atom stereocenters. The second-order valence-electron chi connectivity index (χ2n) is 5.15. The van der Waals surface area contributed by atoms with Crippen LogP contribution in [0, 0.1) is 16.7 Å². The van der Waals surface area contributed by atoms with Gasteiger partial charge < -0.3 is 10.4 Å². The lowest BCUT2D eigenvalue weighted by Gasteiger charge is -2.31. The third-order valence-electron chi connectivity index (χ3n) is 3.89. The Morgan fingerprint density at radius 3 is 2.31 bits per heavy atom. The van der Waals surface area contributed by atoms with Gasteiger partial charge in [0.1, 0.15) is 5.41 Å². The molecule has 0 heterocycles. The molecule has 2 fully saturated rings. The Morgan fingerprint density at radius 2 is 1.88 bits per heavy atom. The molecule has 0 bridgehead atoms. The minimum absolute atomic E-state index is 0.0136. The lowest BCUT2D eigenvalue weighted by atomic mass is 9.74. The summed E-state index contributed by atoms with van der Waals surface area (Å²) in [4.78, 5) is 12.1. The fourth-order valence-electron chi connectivity index (χ4n) is 2.38. The zero-order valence-corrected chi connectivity index (χ0v) is 9.46. The molecule has 0 aromatic rings. The van der Waals surface area contributed by atoms with E-state index in [-0.39, 0.29) is 12.5 Å². The first kappa shape index (κ1) is 11.4. The number of carbonyl (C=O) groups is 1. The van der Waals surface area contributed by atoms with E-state index in [0.29, 0.717) is 12.8 Å². The minimum atomic E-state index is -0.830. The van der Waals surface area contributed by atoms with Crippen molar-refractivity contribution in [1.29, 1.82) is 5.26 Å². The van der Waals surface area contributed by atoms with Gasteiger partial charge in [-0.15, -0.1) is 0 Å². The predicted molar refractivity (Wildman–Crippen MR) is 58.3 cm³/mol. The van der Waals surface area contributed by atoms with Crippen LogP contribution in [-0.4, -0.2) is 23.2 Å². The van der Waals surface area contributed by atoms with E-state index < -0.39 is 11.0 Å². The molecule has 2 N–H and O–H groups in total. The van der Waals surface area contributed by atoms with Gasteiger partial charge in [-0.25, -0.2) is 0 Å². The van der Waals surface area contributed by atoms with E-state index in [4.69, 9.17) is 5.11 Å². The molecule has 2 saturated carbocycles. The minimum Gasteiger partial charge on any atom is -0.394 e. The van der Waals surface area contributed by atoms with Crippen molar-refractivity contribution in [2.24, 2.45) is 5.41 Å². The van der Waals surface area contributed by atoms with Gasteiger partial charge in [-0.3, -0.25) is 4.79 Å². The maximum atomic E-state index is 12.1. The summed E-state index contributed by atoms with van der Waals surface area (Å²) in [6.07, 6.45) is 6.00. The van der Waals surface area contributed by atoms with Gasteiger partial charge in [-0.05, 0) is 25.7 Å². The van der Waals surface area contributed by atoms with Crippen LogP contribution in [0.25, 0.3) is 0 Å². The highest BCUT2D eigenvalue weighted by Crippen LogP contribution is 2.40. The molecule has 88 valence electrons. The summed E-state index contributed by atoms with van der Waals surface area (Å²) in [5.74, 6) is -0.166. The van der Waals surface area contributed by atoms with E-state index in [2.05, 4.69) is 11.4 Å². The number of rotatable bonds is 3. The lowest BCUT2D eigenvalue weighted by molar-refractivity contribution is -0.131. The Morgan fingerprint density at radius 1 is 1.25 bits per heavy atom. The van der Waals surface area contributed by atoms with Gasteiger partial charge in [0.25, 0.3) is 0 Å². The summed E-state index contributed by atoms with van der Waals surface area (Å²) in [6.45, 7) is -0.0136. The maximum Gasteiger partial charge on any atom is 0.240 e. The third-order valence-corrected chi connectivity index (χ3v) is 3.89. The van der Waals surface area contributed by atoms with Crippen molar-refractivity contribution in [2.75, 3.05) is 6.61 Å². The molecular weight excluding hydrogens is 204 g/mol. The molecule has 0 atom stereocenters. The first-order valence-electron chi connectivity index (χ1n) is 6.01. The van der Waals surface area contributed by atoms with E-state index in [1.165, 1.54) is 0 Å². The lowest BCUT2D eigenvalue weighted by Crippen LogP contribution is -2.48. The van der Waals surface area contributed by atoms with Crippen molar-refractivity contribution in [1.82, 2.24) is 5.32 Å². The fraction of sp³-hybridized carbons (Fsp3) is 0.833. The zero-order valence-electron chi connectivity index (χ0n) is 9.46. The van der Waals surface area contributed by atoms with Crippen LogP contribution in [0.4, 0.5) is 0 Å². The SMILES string of the molecule is N#CC1(C(=O)NC2(CO)CC2)CCCCC1. The van der Waals surface area contributed by atoms with Crippen LogP contribution in [-0.2, 0) is 4.79 Å². The van der Waals surface area contributed by atoms with Crippen LogP contribution < -0.4 is 5.32 Å². The number of nitrogens with zero attached hydrogens (tertiary/aromatic N) is 1. The molecule has 0 saturated heterocycles. The molecule has 0 aromatic heterocycles. The van der Waals surface area contributed by atoms with Gasteiger partial charge in [0.05, 0.1) is 18.2 Å². The normalized spacial score (nSPS) is 25.5. The van der Waals surface area contributed by atoms with Crippen LogP contribution in [0.15, 0.2) is 0 Å². The van der Waals surface area contributed by atoms with Gasteiger partial charge in [-0.2, -0.15) is 5.26 Å². The monoisotopic (exact) mass is 222 g/mol. The molecular formula is C12H18N2O2. The van der Waals surface area contributed by atoms with E-state index in [1.807, 2.05) is 0 Å². The average molecular weight is 222 g/mol. The van der Waals surface area contributed by atoms with Crippen LogP contribution in [0.5, 0.6) is 0 Å². The van der Waals surface area contributed by atoms with Crippen molar-refractivity contribution in [3.8, 4) is 6.07 Å². The molecule has 4 nitrogen and oxygen atoms in total. The van der Waals surface area contributed by atoms with Gasteiger partial charge in [0.2, 0.25) is 5.91 Å². The summed E-state index contributed by atoms with van der Waals surface area (Å²) < 4.78 is 0. The van der Waals surface area contributed by atoms with Crippen LogP contribution >= 0.6 is 0 Å².